The van der Waals surface area contributed by atoms with Gasteiger partial charge in [-0.15, -0.1) is 0 Å². The lowest BCUT2D eigenvalue weighted by atomic mass is 10.1. The van der Waals surface area contributed by atoms with Crippen molar-refractivity contribution in [3.05, 3.63) is 53.8 Å². The Morgan fingerprint density at radius 1 is 1.16 bits per heavy atom. The molecule has 3 aromatic rings. The number of rotatable bonds is 2. The highest BCUT2D eigenvalue weighted by Crippen LogP contribution is 2.25. The number of imidazole rings is 1. The first-order valence-electron chi connectivity index (χ1n) is 6.11. The van der Waals surface area contributed by atoms with E-state index in [0.29, 0.717) is 12.1 Å². The maximum absolute atomic E-state index is 13.7. The topological polar surface area (TPSA) is 43.8 Å². The molecule has 3 rings (SSSR count). The predicted octanol–water partition coefficient (Wildman–Crippen LogP) is 2.84. The summed E-state index contributed by atoms with van der Waals surface area (Å²) in [6.07, 6.45) is 0. The fraction of sp³-hybridized carbons (Fsp3) is 0.133. The zero-order valence-electron chi connectivity index (χ0n) is 10.6. The number of nitrogens with two attached hydrogens (primary N) is 1. The van der Waals surface area contributed by atoms with E-state index in [1.54, 1.807) is 6.07 Å². The van der Waals surface area contributed by atoms with E-state index >= 15 is 0 Å². The van der Waals surface area contributed by atoms with Gasteiger partial charge in [0, 0.05) is 19.2 Å². The number of benzene rings is 2. The number of hydrogen-bond acceptors (Lipinski definition) is 2. The van der Waals surface area contributed by atoms with Gasteiger partial charge in [0.25, 0.3) is 0 Å². The second kappa shape index (κ2) is 4.48. The fourth-order valence-electron chi connectivity index (χ4n) is 2.23. The van der Waals surface area contributed by atoms with Crippen molar-refractivity contribution in [3.63, 3.8) is 0 Å². The maximum atomic E-state index is 13.7. The summed E-state index contributed by atoms with van der Waals surface area (Å²) < 4.78 is 15.6. The summed E-state index contributed by atoms with van der Waals surface area (Å²) in [6.45, 7) is 0.511. The Hall–Kier alpha value is -2.20. The van der Waals surface area contributed by atoms with Crippen LogP contribution in [0, 0.1) is 5.82 Å². The summed E-state index contributed by atoms with van der Waals surface area (Å²) in [5, 5.41) is 0. The molecule has 0 saturated carbocycles. The van der Waals surface area contributed by atoms with Crippen molar-refractivity contribution in [1.29, 1.82) is 0 Å². The van der Waals surface area contributed by atoms with E-state index in [-0.39, 0.29) is 5.82 Å². The largest absolute Gasteiger partial charge is 0.327 e. The monoisotopic (exact) mass is 255 g/mol. The van der Waals surface area contributed by atoms with E-state index in [2.05, 4.69) is 4.98 Å². The second-order valence-electron chi connectivity index (χ2n) is 4.50. The average molecular weight is 255 g/mol. The Morgan fingerprint density at radius 3 is 2.53 bits per heavy atom. The molecule has 0 aliphatic rings. The van der Waals surface area contributed by atoms with Crippen LogP contribution in [-0.4, -0.2) is 9.55 Å². The Bertz CT molecular complexity index is 729. The molecule has 0 saturated heterocycles. The second-order valence-corrected chi connectivity index (χ2v) is 4.50. The first kappa shape index (κ1) is 11.9. The Labute approximate surface area is 110 Å². The quantitative estimate of drug-likeness (QED) is 0.765. The average Bonchev–Trinajstić information content (AvgIpc) is 2.78. The van der Waals surface area contributed by atoms with E-state index in [0.717, 1.165) is 22.5 Å². The maximum Gasteiger partial charge on any atom is 0.151 e. The molecule has 0 amide bonds. The van der Waals surface area contributed by atoms with Crippen LogP contribution in [0.5, 0.6) is 0 Å². The van der Waals surface area contributed by atoms with Crippen LogP contribution >= 0.6 is 0 Å². The molecule has 0 bridgehead atoms. The molecule has 0 spiro atoms. The van der Waals surface area contributed by atoms with Gasteiger partial charge in [0.1, 0.15) is 11.3 Å². The summed E-state index contributed by atoms with van der Waals surface area (Å²) >= 11 is 0. The van der Waals surface area contributed by atoms with Crippen LogP contribution in [0.25, 0.3) is 22.4 Å². The third kappa shape index (κ3) is 1.90. The lowest BCUT2D eigenvalue weighted by Gasteiger charge is -2.03. The third-order valence-corrected chi connectivity index (χ3v) is 3.31. The van der Waals surface area contributed by atoms with Gasteiger partial charge < -0.3 is 10.3 Å². The van der Waals surface area contributed by atoms with Crippen molar-refractivity contribution >= 4 is 11.0 Å². The van der Waals surface area contributed by atoms with Gasteiger partial charge in [-0.3, -0.25) is 0 Å². The van der Waals surface area contributed by atoms with E-state index in [1.165, 1.54) is 6.07 Å². The summed E-state index contributed by atoms with van der Waals surface area (Å²) in [4.78, 5) is 4.39. The zero-order valence-corrected chi connectivity index (χ0v) is 10.6. The molecular weight excluding hydrogens is 241 g/mol. The molecular formula is C15H14FN3. The number of halogens is 1. The SMILES string of the molecule is Cn1c(-c2ccc(CN)cc2)nc2c(F)cccc21. The molecule has 0 radical (unpaired) electrons. The summed E-state index contributed by atoms with van der Waals surface area (Å²) in [5.74, 6) is 0.460. The van der Waals surface area contributed by atoms with Gasteiger partial charge in [0.05, 0.1) is 5.52 Å². The molecule has 2 N–H and O–H groups in total. The van der Waals surface area contributed by atoms with Crippen LogP contribution in [0.2, 0.25) is 0 Å². The summed E-state index contributed by atoms with van der Waals surface area (Å²) in [5.41, 5.74) is 8.79. The smallest absolute Gasteiger partial charge is 0.151 e. The number of aryl methyl sites for hydroxylation is 1. The first-order valence-corrected chi connectivity index (χ1v) is 6.11. The van der Waals surface area contributed by atoms with Gasteiger partial charge in [-0.05, 0) is 17.7 Å². The van der Waals surface area contributed by atoms with Crippen LogP contribution < -0.4 is 5.73 Å². The van der Waals surface area contributed by atoms with Crippen LogP contribution in [0.15, 0.2) is 42.5 Å². The van der Waals surface area contributed by atoms with Gasteiger partial charge in [-0.1, -0.05) is 30.3 Å². The Morgan fingerprint density at radius 2 is 1.89 bits per heavy atom. The normalized spacial score (nSPS) is 11.1. The lowest BCUT2D eigenvalue weighted by molar-refractivity contribution is 0.637. The molecule has 3 nitrogen and oxygen atoms in total. The minimum Gasteiger partial charge on any atom is -0.327 e. The lowest BCUT2D eigenvalue weighted by Crippen LogP contribution is -1.96. The molecule has 1 aromatic heterocycles. The number of hydrogen-bond donors (Lipinski definition) is 1. The highest BCUT2D eigenvalue weighted by molar-refractivity contribution is 5.81. The van der Waals surface area contributed by atoms with Gasteiger partial charge in [0.2, 0.25) is 0 Å². The molecule has 4 heteroatoms. The van der Waals surface area contributed by atoms with Crippen LogP contribution in [0.4, 0.5) is 4.39 Å². The summed E-state index contributed by atoms with van der Waals surface area (Å²) in [6, 6.07) is 12.8. The van der Waals surface area contributed by atoms with Crippen molar-refractivity contribution in [2.24, 2.45) is 12.8 Å². The number of fused-ring (bicyclic) bond motifs is 1. The number of aromatic nitrogens is 2. The van der Waals surface area contributed by atoms with E-state index in [1.807, 2.05) is 41.9 Å². The zero-order chi connectivity index (χ0) is 13.4. The number of nitrogens with zero attached hydrogens (tertiary/aromatic N) is 2. The van der Waals surface area contributed by atoms with Crippen LogP contribution in [0.3, 0.4) is 0 Å². The molecule has 96 valence electrons. The molecule has 19 heavy (non-hydrogen) atoms. The summed E-state index contributed by atoms with van der Waals surface area (Å²) in [7, 11) is 1.89. The minimum absolute atomic E-state index is 0.294. The van der Waals surface area contributed by atoms with E-state index in [9.17, 15) is 4.39 Å². The first-order chi connectivity index (χ1) is 9.20. The molecule has 0 fully saturated rings. The Kier molecular flexibility index (Phi) is 2.80. The molecule has 0 aliphatic heterocycles. The predicted molar refractivity (Wildman–Crippen MR) is 74.0 cm³/mol. The van der Waals surface area contributed by atoms with Crippen LogP contribution in [0.1, 0.15) is 5.56 Å². The van der Waals surface area contributed by atoms with Crippen molar-refractivity contribution in [3.8, 4) is 11.4 Å². The third-order valence-electron chi connectivity index (χ3n) is 3.31. The molecule has 1 heterocycles. The van der Waals surface area contributed by atoms with E-state index in [4.69, 9.17) is 5.73 Å². The van der Waals surface area contributed by atoms with Crippen molar-refractivity contribution in [2.45, 2.75) is 6.54 Å². The minimum atomic E-state index is -0.294. The standard InChI is InChI=1S/C15H14FN3/c1-19-13-4-2-3-12(16)14(13)18-15(19)11-7-5-10(9-17)6-8-11/h2-8H,9,17H2,1H3. The molecule has 0 aliphatic carbocycles. The fourth-order valence-corrected chi connectivity index (χ4v) is 2.23. The molecule has 0 unspecified atom stereocenters. The molecule has 2 aromatic carbocycles. The molecule has 0 atom stereocenters. The van der Waals surface area contributed by atoms with Crippen molar-refractivity contribution in [2.75, 3.05) is 0 Å². The van der Waals surface area contributed by atoms with E-state index < -0.39 is 0 Å². The number of para-hydroxylation sites is 1. The van der Waals surface area contributed by atoms with Gasteiger partial charge in [0.15, 0.2) is 5.82 Å². The highest BCUT2D eigenvalue weighted by Gasteiger charge is 2.12. The highest BCUT2D eigenvalue weighted by atomic mass is 19.1. The van der Waals surface area contributed by atoms with Gasteiger partial charge in [-0.25, -0.2) is 9.37 Å². The van der Waals surface area contributed by atoms with Crippen molar-refractivity contribution in [1.82, 2.24) is 9.55 Å². The van der Waals surface area contributed by atoms with Crippen LogP contribution in [-0.2, 0) is 13.6 Å². The van der Waals surface area contributed by atoms with Gasteiger partial charge >= 0.3 is 0 Å². The van der Waals surface area contributed by atoms with Gasteiger partial charge in [-0.2, -0.15) is 0 Å². The van der Waals surface area contributed by atoms with Crippen molar-refractivity contribution < 1.29 is 4.39 Å². The Balaban J connectivity index is 2.19.